The average molecular weight is 443 g/mol. The van der Waals surface area contributed by atoms with Crippen molar-refractivity contribution in [2.45, 2.75) is 19.4 Å². The number of hydrogen-bond acceptors (Lipinski definition) is 6. The van der Waals surface area contributed by atoms with E-state index >= 15 is 0 Å². The summed E-state index contributed by atoms with van der Waals surface area (Å²) < 4.78 is 18.0. The molecule has 172 valence electrons. The van der Waals surface area contributed by atoms with Crippen LogP contribution in [0.4, 0.5) is 0 Å². The smallest absolute Gasteiger partial charge is 0.262 e. The molecule has 0 saturated heterocycles. The highest BCUT2D eigenvalue weighted by Gasteiger charge is 2.36. The summed E-state index contributed by atoms with van der Waals surface area (Å²) in [6.07, 6.45) is 2.44. The Morgan fingerprint density at radius 1 is 1.19 bits per heavy atom. The standard InChI is InChI=1S/C23H30N4O5/c1-16(28)26(11-12-30-3)15-23(29)27-21(14-19(24-27)20-7-6-10-25(20)2)18-13-17(31-4)8-9-22(18)32-5/h6-10,13,21H,11-12,14-15H2,1-5H3/t21-/m0/s1. The number of carbonyl (C=O) groups is 2. The molecule has 9 heteroatoms. The number of aromatic nitrogens is 1. The van der Waals surface area contributed by atoms with Crippen LogP contribution in [0.2, 0.25) is 0 Å². The van der Waals surface area contributed by atoms with Crippen LogP contribution in [0.1, 0.15) is 30.6 Å². The molecule has 9 nitrogen and oxygen atoms in total. The fourth-order valence-electron chi connectivity index (χ4n) is 3.78. The fraction of sp³-hybridized carbons (Fsp3) is 0.435. The van der Waals surface area contributed by atoms with Gasteiger partial charge in [0.25, 0.3) is 5.91 Å². The van der Waals surface area contributed by atoms with Crippen LogP contribution in [0.25, 0.3) is 0 Å². The molecule has 3 rings (SSSR count). The molecule has 1 aromatic heterocycles. The molecule has 0 N–H and O–H groups in total. The SMILES string of the molecule is COCCN(CC(=O)N1N=C(c2cccn2C)C[C@H]1c1cc(OC)ccc1OC)C(C)=O. The summed E-state index contributed by atoms with van der Waals surface area (Å²) in [5.74, 6) is 0.817. The Morgan fingerprint density at radius 3 is 2.56 bits per heavy atom. The quantitative estimate of drug-likeness (QED) is 0.594. The third kappa shape index (κ3) is 4.94. The van der Waals surface area contributed by atoms with Gasteiger partial charge in [0.15, 0.2) is 0 Å². The molecule has 32 heavy (non-hydrogen) atoms. The van der Waals surface area contributed by atoms with Gasteiger partial charge in [0.1, 0.15) is 18.0 Å². The summed E-state index contributed by atoms with van der Waals surface area (Å²) in [4.78, 5) is 26.9. The van der Waals surface area contributed by atoms with Crippen LogP contribution in [0, 0.1) is 0 Å². The van der Waals surface area contributed by atoms with E-state index in [1.807, 2.05) is 48.1 Å². The lowest BCUT2D eigenvalue weighted by Crippen LogP contribution is -2.41. The van der Waals surface area contributed by atoms with Gasteiger partial charge in [0.2, 0.25) is 5.91 Å². The van der Waals surface area contributed by atoms with Crippen LogP contribution in [0.5, 0.6) is 11.5 Å². The predicted octanol–water partition coefficient (Wildman–Crippen LogP) is 2.21. The van der Waals surface area contributed by atoms with Gasteiger partial charge in [0, 0.05) is 45.8 Å². The van der Waals surface area contributed by atoms with Crippen LogP contribution >= 0.6 is 0 Å². The zero-order valence-corrected chi connectivity index (χ0v) is 19.2. The van der Waals surface area contributed by atoms with Crippen molar-refractivity contribution in [2.24, 2.45) is 12.1 Å². The molecule has 1 aliphatic rings. The predicted molar refractivity (Wildman–Crippen MR) is 120 cm³/mol. The summed E-state index contributed by atoms with van der Waals surface area (Å²) in [5, 5.41) is 6.15. The van der Waals surface area contributed by atoms with Crippen molar-refractivity contribution in [1.82, 2.24) is 14.5 Å². The van der Waals surface area contributed by atoms with Crippen molar-refractivity contribution in [1.29, 1.82) is 0 Å². The van der Waals surface area contributed by atoms with Gasteiger partial charge in [-0.2, -0.15) is 5.10 Å². The first-order chi connectivity index (χ1) is 15.4. The minimum Gasteiger partial charge on any atom is -0.497 e. The lowest BCUT2D eigenvalue weighted by Gasteiger charge is -2.27. The largest absolute Gasteiger partial charge is 0.497 e. The number of nitrogens with zero attached hydrogens (tertiary/aromatic N) is 4. The van der Waals surface area contributed by atoms with Gasteiger partial charge in [-0.25, -0.2) is 5.01 Å². The van der Waals surface area contributed by atoms with E-state index in [4.69, 9.17) is 14.2 Å². The molecule has 1 aliphatic heterocycles. The molecule has 1 atom stereocenters. The summed E-state index contributed by atoms with van der Waals surface area (Å²) in [5.41, 5.74) is 2.50. The van der Waals surface area contributed by atoms with Gasteiger partial charge in [0.05, 0.1) is 38.3 Å². The first-order valence-corrected chi connectivity index (χ1v) is 10.4. The van der Waals surface area contributed by atoms with E-state index in [2.05, 4.69) is 5.10 Å². The van der Waals surface area contributed by atoms with Crippen LogP contribution < -0.4 is 9.47 Å². The highest BCUT2D eigenvalue weighted by Crippen LogP contribution is 2.39. The van der Waals surface area contributed by atoms with Gasteiger partial charge in [-0.1, -0.05) is 0 Å². The Morgan fingerprint density at radius 2 is 1.97 bits per heavy atom. The van der Waals surface area contributed by atoms with Gasteiger partial charge < -0.3 is 23.7 Å². The van der Waals surface area contributed by atoms with E-state index in [0.29, 0.717) is 31.1 Å². The minimum absolute atomic E-state index is 0.0919. The van der Waals surface area contributed by atoms with E-state index < -0.39 is 6.04 Å². The molecule has 2 heterocycles. The second-order valence-electron chi connectivity index (χ2n) is 7.55. The minimum atomic E-state index is -0.395. The number of aryl methyl sites for hydroxylation is 1. The maximum Gasteiger partial charge on any atom is 0.262 e. The summed E-state index contributed by atoms with van der Waals surface area (Å²) in [6.45, 7) is 2.02. The van der Waals surface area contributed by atoms with Crippen molar-refractivity contribution in [3.8, 4) is 11.5 Å². The maximum absolute atomic E-state index is 13.4. The van der Waals surface area contributed by atoms with Gasteiger partial charge in [-0.3, -0.25) is 9.59 Å². The summed E-state index contributed by atoms with van der Waals surface area (Å²) >= 11 is 0. The number of hydrogen-bond donors (Lipinski definition) is 0. The van der Waals surface area contributed by atoms with E-state index in [-0.39, 0.29) is 18.4 Å². The molecule has 0 bridgehead atoms. The molecule has 1 aromatic carbocycles. The maximum atomic E-state index is 13.4. The molecule has 0 spiro atoms. The number of rotatable bonds is 9. The fourth-order valence-corrected chi connectivity index (χ4v) is 3.78. The first-order valence-electron chi connectivity index (χ1n) is 10.4. The highest BCUT2D eigenvalue weighted by atomic mass is 16.5. The Balaban J connectivity index is 1.98. The zero-order chi connectivity index (χ0) is 23.3. The van der Waals surface area contributed by atoms with Crippen molar-refractivity contribution < 1.29 is 23.8 Å². The van der Waals surface area contributed by atoms with Crippen molar-refractivity contribution >= 4 is 17.5 Å². The Kier molecular flexibility index (Phi) is 7.53. The van der Waals surface area contributed by atoms with E-state index in [0.717, 1.165) is 17.0 Å². The summed E-state index contributed by atoms with van der Waals surface area (Å²) in [7, 11) is 6.68. The van der Waals surface area contributed by atoms with Crippen LogP contribution in [-0.2, 0) is 21.4 Å². The topological polar surface area (TPSA) is 85.6 Å². The van der Waals surface area contributed by atoms with Gasteiger partial charge in [-0.15, -0.1) is 0 Å². The van der Waals surface area contributed by atoms with E-state index in [1.54, 1.807) is 21.3 Å². The van der Waals surface area contributed by atoms with E-state index in [9.17, 15) is 9.59 Å². The number of carbonyl (C=O) groups excluding carboxylic acids is 2. The number of hydrazone groups is 1. The normalized spacial score (nSPS) is 15.5. The van der Waals surface area contributed by atoms with Crippen LogP contribution in [0.15, 0.2) is 41.6 Å². The lowest BCUT2D eigenvalue weighted by molar-refractivity contribution is -0.141. The number of benzene rings is 1. The molecular formula is C23H30N4O5. The Hall–Kier alpha value is -3.33. The van der Waals surface area contributed by atoms with Crippen molar-refractivity contribution in [3.63, 3.8) is 0 Å². The van der Waals surface area contributed by atoms with Crippen molar-refractivity contribution in [3.05, 3.63) is 47.8 Å². The van der Waals surface area contributed by atoms with Crippen LogP contribution in [-0.4, -0.2) is 73.0 Å². The molecule has 0 radical (unpaired) electrons. The second kappa shape index (κ2) is 10.3. The van der Waals surface area contributed by atoms with Gasteiger partial charge >= 0.3 is 0 Å². The first kappa shape index (κ1) is 23.3. The number of methoxy groups -OCH3 is 3. The Labute approximate surface area is 188 Å². The zero-order valence-electron chi connectivity index (χ0n) is 19.2. The number of amides is 2. The van der Waals surface area contributed by atoms with E-state index in [1.165, 1.54) is 16.8 Å². The van der Waals surface area contributed by atoms with Crippen molar-refractivity contribution in [2.75, 3.05) is 41.0 Å². The Bertz CT molecular complexity index is 1000. The van der Waals surface area contributed by atoms with Crippen LogP contribution in [0.3, 0.4) is 0 Å². The summed E-state index contributed by atoms with van der Waals surface area (Å²) in [6, 6.07) is 9.00. The van der Waals surface area contributed by atoms with Gasteiger partial charge in [-0.05, 0) is 30.3 Å². The number of ether oxygens (including phenoxy) is 3. The molecule has 2 amide bonds. The molecule has 0 fully saturated rings. The third-order valence-corrected chi connectivity index (χ3v) is 5.54. The molecule has 2 aromatic rings. The second-order valence-corrected chi connectivity index (χ2v) is 7.55. The average Bonchev–Trinajstić information content (AvgIpc) is 3.41. The lowest BCUT2D eigenvalue weighted by atomic mass is 9.99. The third-order valence-electron chi connectivity index (χ3n) is 5.54. The molecule has 0 aliphatic carbocycles. The molecular weight excluding hydrogens is 412 g/mol. The molecule has 0 unspecified atom stereocenters. The molecule has 0 saturated carbocycles. The monoisotopic (exact) mass is 442 g/mol. The highest BCUT2D eigenvalue weighted by molar-refractivity contribution is 6.02.